The first kappa shape index (κ1) is 17.7. The molecule has 2 nitrogen and oxygen atoms in total. The molecule has 0 fully saturated rings. The van der Waals surface area contributed by atoms with E-state index in [4.69, 9.17) is 5.41 Å². The molecule has 5 rings (SSSR count). The van der Waals surface area contributed by atoms with Gasteiger partial charge >= 0.3 is 0 Å². The molecule has 0 atom stereocenters. The first-order valence-electron chi connectivity index (χ1n) is 10.1. The fourth-order valence-corrected chi connectivity index (χ4v) is 5.10. The molecule has 3 aromatic carbocycles. The highest BCUT2D eigenvalue weighted by Crippen LogP contribution is 2.49. The zero-order valence-corrected chi connectivity index (χ0v) is 16.8. The Morgan fingerprint density at radius 2 is 1.48 bits per heavy atom. The van der Waals surface area contributed by atoms with Gasteiger partial charge in [-0.05, 0) is 47.7 Å². The summed E-state index contributed by atoms with van der Waals surface area (Å²) in [5, 5.41) is 8.76. The number of hydrogen-bond donors (Lipinski definition) is 1. The van der Waals surface area contributed by atoms with Crippen LogP contribution in [0.2, 0.25) is 0 Å². The summed E-state index contributed by atoms with van der Waals surface area (Å²) in [5.41, 5.74) is 8.92. The van der Waals surface area contributed by atoms with Crippen molar-refractivity contribution in [3.05, 3.63) is 112 Å². The van der Waals surface area contributed by atoms with Gasteiger partial charge in [-0.15, -0.1) is 0 Å². The second-order valence-electron chi connectivity index (χ2n) is 7.87. The molecule has 0 amide bonds. The van der Waals surface area contributed by atoms with E-state index in [2.05, 4.69) is 97.3 Å². The first-order chi connectivity index (χ1) is 14.2. The lowest BCUT2D eigenvalue weighted by molar-refractivity contribution is 0.458. The molecule has 0 saturated heterocycles. The zero-order chi connectivity index (χ0) is 20.0. The molecular formula is C27H24N2. The monoisotopic (exact) mass is 376 g/mol. The predicted molar refractivity (Wildman–Crippen MR) is 122 cm³/mol. The molecule has 1 aliphatic heterocycles. The van der Waals surface area contributed by atoms with E-state index in [0.717, 1.165) is 6.42 Å². The van der Waals surface area contributed by atoms with Crippen molar-refractivity contribution < 1.29 is 0 Å². The van der Waals surface area contributed by atoms with Gasteiger partial charge < -0.3 is 9.98 Å². The van der Waals surface area contributed by atoms with Crippen LogP contribution in [-0.4, -0.2) is 10.8 Å². The second kappa shape index (κ2) is 6.59. The highest BCUT2D eigenvalue weighted by molar-refractivity contribution is 5.94. The zero-order valence-electron chi connectivity index (χ0n) is 16.8. The van der Waals surface area contributed by atoms with E-state index in [9.17, 15) is 0 Å². The lowest BCUT2D eigenvalue weighted by atomic mass is 9.78. The summed E-state index contributed by atoms with van der Waals surface area (Å²) in [6.45, 7) is 4.48. The predicted octanol–water partition coefficient (Wildman–Crippen LogP) is 6.27. The van der Waals surface area contributed by atoms with Gasteiger partial charge in [-0.2, -0.15) is 0 Å². The number of nitrogens with zero attached hydrogens (tertiary/aromatic N) is 1. The Morgan fingerprint density at radius 1 is 0.862 bits per heavy atom. The third kappa shape index (κ3) is 2.39. The largest absolute Gasteiger partial charge is 0.330 e. The number of benzene rings is 3. The fourth-order valence-electron chi connectivity index (χ4n) is 5.10. The molecule has 0 saturated carbocycles. The molecule has 1 aromatic heterocycles. The Labute approximate surface area is 171 Å². The molecule has 2 heterocycles. The molecular weight excluding hydrogens is 352 g/mol. The van der Waals surface area contributed by atoms with Gasteiger partial charge in [-0.25, -0.2) is 0 Å². The van der Waals surface area contributed by atoms with E-state index in [-0.39, 0.29) is 5.54 Å². The van der Waals surface area contributed by atoms with Gasteiger partial charge in [0.25, 0.3) is 0 Å². The molecule has 0 spiro atoms. The van der Waals surface area contributed by atoms with Gasteiger partial charge in [-0.3, -0.25) is 0 Å². The smallest absolute Gasteiger partial charge is 0.0993 e. The van der Waals surface area contributed by atoms with Gasteiger partial charge in [0.15, 0.2) is 0 Å². The van der Waals surface area contributed by atoms with Gasteiger partial charge in [-0.1, -0.05) is 78.9 Å². The maximum Gasteiger partial charge on any atom is 0.0993 e. The van der Waals surface area contributed by atoms with Crippen LogP contribution < -0.4 is 0 Å². The molecule has 0 radical (unpaired) electrons. The standard InChI is InChI=1S/C27H24N2/c1-19-20(2)29-26-24(19)16-15-21(10-9-17-28)25(26)18-27(29,22-11-5-3-6-12-22)23-13-7-4-8-14-23/h3-17,28H,18H2,1-2H3/b10-9-,28-17?. The van der Waals surface area contributed by atoms with Crippen LogP contribution in [0.25, 0.3) is 17.0 Å². The Balaban J connectivity index is 1.92. The molecule has 2 heteroatoms. The minimum absolute atomic E-state index is 0.268. The van der Waals surface area contributed by atoms with E-state index in [1.807, 2.05) is 6.08 Å². The quantitative estimate of drug-likeness (QED) is 0.407. The minimum Gasteiger partial charge on any atom is -0.330 e. The van der Waals surface area contributed by atoms with Crippen LogP contribution in [0.3, 0.4) is 0 Å². The van der Waals surface area contributed by atoms with Crippen LogP contribution in [0, 0.1) is 19.3 Å². The summed E-state index contributed by atoms with van der Waals surface area (Å²) in [7, 11) is 0. The van der Waals surface area contributed by atoms with Crippen LogP contribution in [0.15, 0.2) is 78.9 Å². The average Bonchev–Trinajstić information content (AvgIpc) is 3.27. The molecule has 1 aliphatic rings. The highest BCUT2D eigenvalue weighted by Gasteiger charge is 2.44. The number of rotatable bonds is 4. The van der Waals surface area contributed by atoms with Crippen LogP contribution in [0.5, 0.6) is 0 Å². The third-order valence-corrected chi connectivity index (χ3v) is 6.51. The van der Waals surface area contributed by atoms with Crippen molar-refractivity contribution in [3.63, 3.8) is 0 Å². The Hall–Kier alpha value is -3.39. The van der Waals surface area contributed by atoms with Crippen molar-refractivity contribution in [1.82, 2.24) is 4.57 Å². The molecule has 0 aliphatic carbocycles. The summed E-state index contributed by atoms with van der Waals surface area (Å²) < 4.78 is 2.57. The summed E-state index contributed by atoms with van der Waals surface area (Å²) in [5.74, 6) is 0. The lowest BCUT2D eigenvalue weighted by Crippen LogP contribution is -2.35. The highest BCUT2D eigenvalue weighted by atomic mass is 15.1. The van der Waals surface area contributed by atoms with Crippen LogP contribution in [0.4, 0.5) is 0 Å². The van der Waals surface area contributed by atoms with E-state index in [1.165, 1.54) is 50.6 Å². The van der Waals surface area contributed by atoms with Gasteiger partial charge in [0.1, 0.15) is 0 Å². The van der Waals surface area contributed by atoms with Gasteiger partial charge in [0.05, 0.1) is 11.1 Å². The van der Waals surface area contributed by atoms with Crippen molar-refractivity contribution in [3.8, 4) is 0 Å². The minimum atomic E-state index is -0.268. The summed E-state index contributed by atoms with van der Waals surface area (Å²) in [6.07, 6.45) is 6.14. The van der Waals surface area contributed by atoms with Crippen LogP contribution in [-0.2, 0) is 12.0 Å². The van der Waals surface area contributed by atoms with Crippen molar-refractivity contribution in [2.75, 3.05) is 0 Å². The number of allylic oxidation sites excluding steroid dienone is 1. The molecule has 29 heavy (non-hydrogen) atoms. The first-order valence-corrected chi connectivity index (χ1v) is 10.1. The molecule has 0 bridgehead atoms. The summed E-state index contributed by atoms with van der Waals surface area (Å²) in [6, 6.07) is 26.2. The van der Waals surface area contributed by atoms with E-state index < -0.39 is 0 Å². The number of aromatic nitrogens is 1. The van der Waals surface area contributed by atoms with Gasteiger partial charge in [0, 0.05) is 23.7 Å². The topological polar surface area (TPSA) is 28.8 Å². The van der Waals surface area contributed by atoms with Crippen molar-refractivity contribution >= 4 is 23.2 Å². The Kier molecular flexibility index (Phi) is 4.02. The summed E-state index contributed by atoms with van der Waals surface area (Å²) >= 11 is 0. The SMILES string of the molecule is Cc1c(C)n2c3c(c(/C=C\C=N)ccc13)CC2(c1ccccc1)c1ccccc1. The Morgan fingerprint density at radius 3 is 2.07 bits per heavy atom. The lowest BCUT2D eigenvalue weighted by Gasteiger charge is -2.35. The maximum atomic E-state index is 7.42. The van der Waals surface area contributed by atoms with E-state index in [1.54, 1.807) is 0 Å². The van der Waals surface area contributed by atoms with E-state index in [0.29, 0.717) is 0 Å². The van der Waals surface area contributed by atoms with E-state index >= 15 is 0 Å². The second-order valence-corrected chi connectivity index (χ2v) is 7.87. The van der Waals surface area contributed by atoms with Crippen molar-refractivity contribution in [1.29, 1.82) is 5.41 Å². The normalized spacial score (nSPS) is 14.7. The van der Waals surface area contributed by atoms with Crippen molar-refractivity contribution in [2.45, 2.75) is 25.8 Å². The average molecular weight is 377 g/mol. The maximum absolute atomic E-state index is 7.42. The third-order valence-electron chi connectivity index (χ3n) is 6.51. The molecule has 4 aromatic rings. The molecule has 1 N–H and O–H groups in total. The molecule has 142 valence electrons. The number of aryl methyl sites for hydroxylation is 1. The molecule has 0 unspecified atom stereocenters. The van der Waals surface area contributed by atoms with Crippen LogP contribution in [0.1, 0.15) is 33.5 Å². The summed E-state index contributed by atoms with van der Waals surface area (Å²) in [4.78, 5) is 0. The number of nitrogens with one attached hydrogen (secondary N) is 1. The fraction of sp³-hybridized carbons (Fsp3) is 0.148. The van der Waals surface area contributed by atoms with Gasteiger partial charge in [0.2, 0.25) is 0 Å². The number of hydrogen-bond acceptors (Lipinski definition) is 1. The Bertz CT molecular complexity index is 1200. The van der Waals surface area contributed by atoms with Crippen molar-refractivity contribution in [2.24, 2.45) is 0 Å². The van der Waals surface area contributed by atoms with Crippen LogP contribution >= 0.6 is 0 Å².